The van der Waals surface area contributed by atoms with Crippen LogP contribution in [0.15, 0.2) is 39.0 Å². The Kier molecular flexibility index (Phi) is 8.59. The van der Waals surface area contributed by atoms with Crippen molar-refractivity contribution in [3.63, 3.8) is 0 Å². The van der Waals surface area contributed by atoms with Crippen molar-refractivity contribution in [1.82, 2.24) is 20.8 Å². The molecule has 0 aliphatic carbocycles. The maximum Gasteiger partial charge on any atom is 0.321 e. The lowest BCUT2D eigenvalue weighted by molar-refractivity contribution is -0.117. The first kappa shape index (κ1) is 20.4. The van der Waals surface area contributed by atoms with Gasteiger partial charge in [0.25, 0.3) is 0 Å². The third-order valence-electron chi connectivity index (χ3n) is 2.93. The first-order chi connectivity index (χ1) is 12.6. The van der Waals surface area contributed by atoms with Crippen LogP contribution in [0.2, 0.25) is 0 Å². The number of aromatic nitrogens is 2. The van der Waals surface area contributed by atoms with E-state index in [1.165, 1.54) is 34.9 Å². The molecule has 0 atom stereocenters. The lowest BCUT2D eigenvalue weighted by Crippen LogP contribution is -2.40. The van der Waals surface area contributed by atoms with Gasteiger partial charge in [0, 0.05) is 12.1 Å². The predicted molar refractivity (Wildman–Crippen MR) is 104 cm³/mol. The number of nitrogens with zero attached hydrogens (tertiary/aromatic N) is 2. The lowest BCUT2D eigenvalue weighted by Gasteiger charge is -2.04. The monoisotopic (exact) mass is 410 g/mol. The average molecular weight is 411 g/mol. The molecule has 138 valence electrons. The number of carbonyl (C=O) groups is 3. The normalized spacial score (nSPS) is 10.3. The van der Waals surface area contributed by atoms with E-state index in [4.69, 9.17) is 0 Å². The highest BCUT2D eigenvalue weighted by atomic mass is 32.2. The molecule has 0 bridgehead atoms. The third-order valence-corrected chi connectivity index (χ3v) is 6.12. The zero-order valence-electron chi connectivity index (χ0n) is 14.1. The van der Waals surface area contributed by atoms with Crippen molar-refractivity contribution in [1.29, 1.82) is 0 Å². The van der Waals surface area contributed by atoms with Gasteiger partial charge in [0.05, 0.1) is 11.5 Å². The fourth-order valence-corrected chi connectivity index (χ4v) is 4.44. The number of amides is 3. The number of carbonyl (C=O) groups excluding carboxylic acids is 3. The smallest absolute Gasteiger partial charge is 0.321 e. The molecule has 0 aliphatic heterocycles. The minimum atomic E-state index is -0.495. The molecular formula is C16H18N4O3S3. The molecule has 1 aromatic heterocycles. The van der Waals surface area contributed by atoms with Crippen LogP contribution in [0.1, 0.15) is 23.7 Å². The van der Waals surface area contributed by atoms with Gasteiger partial charge in [0.15, 0.2) is 14.5 Å². The molecule has 0 radical (unpaired) electrons. The SMILES string of the molecule is CCCNC(=O)NC(=O)CSc1nnc(SCC(=O)c2ccccc2)s1. The maximum atomic E-state index is 12.1. The first-order valence-corrected chi connectivity index (χ1v) is 10.6. The summed E-state index contributed by atoms with van der Waals surface area (Å²) in [5.41, 5.74) is 0.664. The topological polar surface area (TPSA) is 101 Å². The molecule has 26 heavy (non-hydrogen) atoms. The highest BCUT2D eigenvalue weighted by Gasteiger charge is 2.12. The summed E-state index contributed by atoms with van der Waals surface area (Å²) in [5.74, 6) is -0.0202. The van der Waals surface area contributed by atoms with Crippen molar-refractivity contribution >= 4 is 52.6 Å². The van der Waals surface area contributed by atoms with E-state index in [2.05, 4.69) is 20.8 Å². The van der Waals surface area contributed by atoms with Crippen LogP contribution in [-0.2, 0) is 4.79 Å². The van der Waals surface area contributed by atoms with Crippen LogP contribution < -0.4 is 10.6 Å². The van der Waals surface area contributed by atoms with E-state index in [1.807, 2.05) is 25.1 Å². The van der Waals surface area contributed by atoms with Crippen LogP contribution in [0.4, 0.5) is 4.79 Å². The fraction of sp³-hybridized carbons (Fsp3) is 0.312. The number of nitrogens with one attached hydrogen (secondary N) is 2. The number of ketones is 1. The highest BCUT2D eigenvalue weighted by Crippen LogP contribution is 2.29. The molecule has 2 rings (SSSR count). The summed E-state index contributed by atoms with van der Waals surface area (Å²) in [4.78, 5) is 35.1. The van der Waals surface area contributed by atoms with Crippen LogP contribution in [0.3, 0.4) is 0 Å². The van der Waals surface area contributed by atoms with Crippen molar-refractivity contribution < 1.29 is 14.4 Å². The van der Waals surface area contributed by atoms with E-state index >= 15 is 0 Å². The molecule has 3 amide bonds. The number of thioether (sulfide) groups is 2. The summed E-state index contributed by atoms with van der Waals surface area (Å²) in [6, 6.07) is 8.57. The molecule has 0 unspecified atom stereocenters. The van der Waals surface area contributed by atoms with Gasteiger partial charge < -0.3 is 5.32 Å². The second kappa shape index (κ2) is 10.9. The standard InChI is InChI=1S/C16H18N4O3S3/c1-2-8-17-14(23)18-13(22)10-25-16-20-19-15(26-16)24-9-12(21)11-6-4-3-5-7-11/h3-7H,2,8-10H2,1H3,(H2,17,18,22,23). The van der Waals surface area contributed by atoms with Crippen LogP contribution >= 0.6 is 34.9 Å². The van der Waals surface area contributed by atoms with Gasteiger partial charge in [0.2, 0.25) is 5.91 Å². The number of hydrogen-bond donors (Lipinski definition) is 2. The molecule has 10 heteroatoms. The quantitative estimate of drug-likeness (QED) is 0.484. The van der Waals surface area contributed by atoms with Gasteiger partial charge in [0.1, 0.15) is 0 Å². The zero-order valence-corrected chi connectivity index (χ0v) is 16.5. The Morgan fingerprint density at radius 3 is 2.35 bits per heavy atom. The molecule has 1 aromatic carbocycles. The molecule has 2 N–H and O–H groups in total. The summed E-state index contributed by atoms with van der Waals surface area (Å²) in [6.07, 6.45) is 0.800. The third kappa shape index (κ3) is 7.14. The summed E-state index contributed by atoms with van der Waals surface area (Å²) in [7, 11) is 0. The van der Waals surface area contributed by atoms with E-state index in [0.717, 1.165) is 6.42 Å². The zero-order chi connectivity index (χ0) is 18.8. The number of Topliss-reactive ketones (excluding diaryl/α,β-unsaturated/α-hetero) is 1. The number of imide groups is 1. The minimum absolute atomic E-state index is 0.0254. The summed E-state index contributed by atoms with van der Waals surface area (Å²) >= 11 is 3.83. The number of benzene rings is 1. The predicted octanol–water partition coefficient (Wildman–Crippen LogP) is 2.84. The largest absolute Gasteiger partial charge is 0.338 e. The van der Waals surface area contributed by atoms with Crippen LogP contribution in [0.25, 0.3) is 0 Å². The Morgan fingerprint density at radius 2 is 1.69 bits per heavy atom. The molecule has 0 fully saturated rings. The molecule has 0 saturated carbocycles. The summed E-state index contributed by atoms with van der Waals surface area (Å²) < 4.78 is 1.28. The number of hydrogen-bond acceptors (Lipinski definition) is 8. The van der Waals surface area contributed by atoms with E-state index in [0.29, 0.717) is 20.8 Å². The van der Waals surface area contributed by atoms with E-state index in [9.17, 15) is 14.4 Å². The van der Waals surface area contributed by atoms with Gasteiger partial charge in [-0.1, -0.05) is 72.1 Å². The fourth-order valence-electron chi connectivity index (χ4n) is 1.72. The Bertz CT molecular complexity index is 752. The van der Waals surface area contributed by atoms with E-state index < -0.39 is 11.9 Å². The Labute approximate surface area is 163 Å². The summed E-state index contributed by atoms with van der Waals surface area (Å²) in [6.45, 7) is 2.45. The Balaban J connectivity index is 1.73. The lowest BCUT2D eigenvalue weighted by atomic mass is 10.2. The molecule has 0 aliphatic rings. The van der Waals surface area contributed by atoms with Gasteiger partial charge >= 0.3 is 6.03 Å². The van der Waals surface area contributed by atoms with E-state index in [-0.39, 0.29) is 17.3 Å². The van der Waals surface area contributed by atoms with Crippen LogP contribution in [0.5, 0.6) is 0 Å². The molecule has 1 heterocycles. The van der Waals surface area contributed by atoms with E-state index in [1.54, 1.807) is 12.1 Å². The average Bonchev–Trinajstić information content (AvgIpc) is 3.11. The van der Waals surface area contributed by atoms with Gasteiger partial charge in [-0.3, -0.25) is 14.9 Å². The Hall–Kier alpha value is -1.91. The second-order valence-electron chi connectivity index (χ2n) is 5.00. The highest BCUT2D eigenvalue weighted by molar-refractivity contribution is 8.03. The van der Waals surface area contributed by atoms with Crippen molar-refractivity contribution in [3.05, 3.63) is 35.9 Å². The minimum Gasteiger partial charge on any atom is -0.338 e. The molecule has 2 aromatic rings. The molecule has 0 saturated heterocycles. The van der Waals surface area contributed by atoms with Crippen LogP contribution in [0, 0.1) is 0 Å². The van der Waals surface area contributed by atoms with Crippen molar-refractivity contribution in [2.75, 3.05) is 18.1 Å². The van der Waals surface area contributed by atoms with Crippen molar-refractivity contribution in [2.45, 2.75) is 22.0 Å². The number of rotatable bonds is 9. The molecular weight excluding hydrogens is 392 g/mol. The molecule has 0 spiro atoms. The first-order valence-electron chi connectivity index (χ1n) is 7.83. The van der Waals surface area contributed by atoms with Gasteiger partial charge in [-0.05, 0) is 6.42 Å². The maximum absolute atomic E-state index is 12.1. The Morgan fingerprint density at radius 1 is 1.04 bits per heavy atom. The second-order valence-corrected chi connectivity index (χ2v) is 8.43. The van der Waals surface area contributed by atoms with Crippen LogP contribution in [-0.4, -0.2) is 46.0 Å². The molecule has 7 nitrogen and oxygen atoms in total. The van der Waals surface area contributed by atoms with Gasteiger partial charge in [-0.2, -0.15) is 0 Å². The van der Waals surface area contributed by atoms with Crippen molar-refractivity contribution in [3.8, 4) is 0 Å². The van der Waals surface area contributed by atoms with Gasteiger partial charge in [-0.15, -0.1) is 10.2 Å². The van der Waals surface area contributed by atoms with Gasteiger partial charge in [-0.25, -0.2) is 4.79 Å². The number of urea groups is 1. The van der Waals surface area contributed by atoms with Crippen molar-refractivity contribution in [2.24, 2.45) is 0 Å². The summed E-state index contributed by atoms with van der Waals surface area (Å²) in [5, 5.41) is 12.8.